The number of carbonyl (C=O) groups is 5. The highest BCUT2D eigenvalue weighted by atomic mass is 32.2. The normalized spacial score (nSPS) is 14.2. The number of likely N-dealkylation sites (N-methyl/N-ethyl adjacent to an activating group) is 1. The molecule has 0 aromatic heterocycles. The van der Waals surface area contributed by atoms with Gasteiger partial charge in [-0.05, 0) is 36.6 Å². The van der Waals surface area contributed by atoms with Crippen molar-refractivity contribution >= 4 is 40.8 Å². The first-order valence-electron chi connectivity index (χ1n) is 14.4. The van der Waals surface area contributed by atoms with Gasteiger partial charge in [-0.3, -0.25) is 24.0 Å². The van der Waals surface area contributed by atoms with E-state index in [1.165, 1.54) is 32.1 Å². The summed E-state index contributed by atoms with van der Waals surface area (Å²) >= 11 is -1.10. The lowest BCUT2D eigenvalue weighted by atomic mass is 10.0. The van der Waals surface area contributed by atoms with E-state index in [2.05, 4.69) is 16.0 Å². The molecule has 0 radical (unpaired) electrons. The Morgan fingerprint density at radius 1 is 0.956 bits per heavy atom. The molecule has 4 unspecified atom stereocenters. The molecule has 4 amide bonds. The third-order valence-corrected chi connectivity index (χ3v) is 7.71. The predicted molar refractivity (Wildman–Crippen MR) is 169 cm³/mol. The maximum absolute atomic E-state index is 13.3. The second-order valence-corrected chi connectivity index (χ2v) is 12.2. The van der Waals surface area contributed by atoms with Crippen LogP contribution in [0.4, 0.5) is 0 Å². The fourth-order valence-electron chi connectivity index (χ4n) is 4.26. The lowest BCUT2D eigenvalue weighted by Gasteiger charge is -2.29. The highest BCUT2D eigenvalue weighted by Crippen LogP contribution is 2.14. The number of ether oxygens (including phenoxy) is 1. The molecule has 14 heteroatoms. The van der Waals surface area contributed by atoms with Crippen molar-refractivity contribution in [2.45, 2.75) is 57.3 Å². The van der Waals surface area contributed by atoms with Crippen molar-refractivity contribution in [3.05, 3.63) is 65.7 Å². The van der Waals surface area contributed by atoms with Crippen LogP contribution in [0.25, 0.3) is 0 Å². The summed E-state index contributed by atoms with van der Waals surface area (Å²) in [5.74, 6) is -2.05. The average Bonchev–Trinajstić information content (AvgIpc) is 3.00. The summed E-state index contributed by atoms with van der Waals surface area (Å²) in [5, 5.41) is 17.5. The zero-order valence-corrected chi connectivity index (χ0v) is 26.8. The molecule has 246 valence electrons. The summed E-state index contributed by atoms with van der Waals surface area (Å²) in [5.41, 5.74) is 7.54. The van der Waals surface area contributed by atoms with Gasteiger partial charge in [0.05, 0.1) is 31.5 Å². The third-order valence-electron chi connectivity index (χ3n) is 6.90. The smallest absolute Gasteiger partial charge is 0.308 e. The van der Waals surface area contributed by atoms with Crippen molar-refractivity contribution in [1.29, 1.82) is 0 Å². The second kappa shape index (κ2) is 18.7. The number of nitrogens with zero attached hydrogens (tertiary/aromatic N) is 1. The molecule has 2 aromatic rings. The van der Waals surface area contributed by atoms with Crippen LogP contribution < -0.4 is 26.4 Å². The van der Waals surface area contributed by atoms with E-state index < -0.39 is 71.5 Å². The van der Waals surface area contributed by atoms with Crippen molar-refractivity contribution in [3.8, 4) is 5.75 Å². The molecule has 0 aliphatic rings. The number of aliphatic hydroxyl groups excluding tert-OH is 1. The number of rotatable bonds is 17. The first kappa shape index (κ1) is 37.2. The Morgan fingerprint density at radius 2 is 1.58 bits per heavy atom. The molecule has 13 nitrogen and oxygen atoms in total. The molecule has 0 aliphatic heterocycles. The molecule has 0 fully saturated rings. The van der Waals surface area contributed by atoms with Crippen LogP contribution in [0.1, 0.15) is 31.4 Å². The number of benzene rings is 2. The Labute approximate surface area is 266 Å². The van der Waals surface area contributed by atoms with Gasteiger partial charge in [-0.25, -0.2) is 0 Å². The maximum Gasteiger partial charge on any atom is 0.308 e. The van der Waals surface area contributed by atoms with Crippen LogP contribution in [0.3, 0.4) is 0 Å². The van der Waals surface area contributed by atoms with Crippen LogP contribution in [0, 0.1) is 0 Å². The lowest BCUT2D eigenvalue weighted by Crippen LogP contribution is -2.55. The molecule has 0 saturated heterocycles. The Balaban J connectivity index is 1.95. The Hall–Kier alpha value is -3.98. The molecule has 0 spiro atoms. The zero-order valence-electron chi connectivity index (χ0n) is 26.0. The van der Waals surface area contributed by atoms with Gasteiger partial charge in [0.2, 0.25) is 23.6 Å². The van der Waals surface area contributed by atoms with Gasteiger partial charge in [0.15, 0.2) is 0 Å². The van der Waals surface area contributed by atoms with E-state index in [1.807, 2.05) is 30.3 Å². The number of nitrogens with two attached hydrogens (primary N) is 1. The summed E-state index contributed by atoms with van der Waals surface area (Å²) in [7, 11) is 1.44. The summed E-state index contributed by atoms with van der Waals surface area (Å²) in [6, 6.07) is 12.0. The molecule has 0 bridgehead atoms. The number of nitrogens with one attached hydrogen (secondary N) is 3. The lowest BCUT2D eigenvalue weighted by molar-refractivity contribution is -0.139. The van der Waals surface area contributed by atoms with Gasteiger partial charge >= 0.3 is 5.97 Å². The van der Waals surface area contributed by atoms with Crippen LogP contribution in [0.5, 0.6) is 5.75 Å². The highest BCUT2D eigenvalue weighted by molar-refractivity contribution is 7.90. The van der Waals surface area contributed by atoms with Crippen molar-refractivity contribution < 1.29 is 38.4 Å². The second-order valence-electron chi connectivity index (χ2n) is 10.7. The van der Waals surface area contributed by atoms with E-state index in [0.717, 1.165) is 11.1 Å². The van der Waals surface area contributed by atoms with Gasteiger partial charge in [-0.1, -0.05) is 53.6 Å². The number of aliphatic hydroxyl groups is 1. The first-order chi connectivity index (χ1) is 21.3. The van der Waals surface area contributed by atoms with Gasteiger partial charge in [0.1, 0.15) is 23.6 Å². The molecule has 0 saturated carbocycles. The summed E-state index contributed by atoms with van der Waals surface area (Å²) < 4.78 is 16.5. The molecule has 6 N–H and O–H groups in total. The van der Waals surface area contributed by atoms with Crippen molar-refractivity contribution in [3.63, 3.8) is 0 Å². The first-order valence-corrected chi connectivity index (χ1v) is 16.1. The minimum Gasteiger partial charge on any atom is -0.617 e. The van der Waals surface area contributed by atoms with E-state index in [1.54, 1.807) is 24.3 Å². The molecule has 2 rings (SSSR count). The van der Waals surface area contributed by atoms with Gasteiger partial charge in [-0.2, -0.15) is 0 Å². The number of amides is 4. The van der Waals surface area contributed by atoms with Crippen LogP contribution in [-0.4, -0.2) is 101 Å². The molecular weight excluding hydrogens is 602 g/mol. The summed E-state index contributed by atoms with van der Waals surface area (Å²) in [6.07, 6.45) is 2.18. The standard InChI is InChI=1S/C31H43N5O8S/c1-20(34-30(41)26(32)16-23-10-12-25(13-11-23)44-21(2)38)29(40)33-18-28(39)36(3)27(17-22-8-6-5-7-9-22)31(42)35-24(19-37)14-15-45(4)43/h5-13,20,24,26-27,37H,14-19,32H2,1-4H3,(H,33,40)(H,34,41)(H,35,42)/t20-,24?,26?,27?,45?/m1/s1. The zero-order chi connectivity index (χ0) is 33.5. The molecule has 0 heterocycles. The van der Waals surface area contributed by atoms with Gasteiger partial charge < -0.3 is 41.0 Å². The number of hydrogen-bond acceptors (Lipinski definition) is 9. The number of carbonyl (C=O) groups excluding carboxylic acids is 5. The highest BCUT2D eigenvalue weighted by Gasteiger charge is 2.29. The molecule has 0 aliphatic carbocycles. The summed E-state index contributed by atoms with van der Waals surface area (Å²) in [4.78, 5) is 64.0. The maximum atomic E-state index is 13.3. The van der Waals surface area contributed by atoms with Crippen LogP contribution in [-0.2, 0) is 48.0 Å². The third kappa shape index (κ3) is 13.3. The monoisotopic (exact) mass is 645 g/mol. The number of esters is 1. The Kier molecular flexibility index (Phi) is 15.5. The number of hydrogen-bond donors (Lipinski definition) is 5. The minimum absolute atomic E-state index is 0.169. The van der Waals surface area contributed by atoms with Crippen LogP contribution in [0.15, 0.2) is 54.6 Å². The van der Waals surface area contributed by atoms with Crippen molar-refractivity contribution in [2.75, 3.05) is 32.2 Å². The van der Waals surface area contributed by atoms with E-state index in [4.69, 9.17) is 10.5 Å². The van der Waals surface area contributed by atoms with Crippen LogP contribution in [0.2, 0.25) is 0 Å². The fraction of sp³-hybridized carbons (Fsp3) is 0.452. The molecule has 2 aromatic carbocycles. The predicted octanol–water partition coefficient (Wildman–Crippen LogP) is -0.582. The summed E-state index contributed by atoms with van der Waals surface area (Å²) in [6.45, 7) is 1.95. The topological polar surface area (TPSA) is 203 Å². The van der Waals surface area contributed by atoms with E-state index in [-0.39, 0.29) is 19.4 Å². The van der Waals surface area contributed by atoms with Crippen molar-refractivity contribution in [1.82, 2.24) is 20.9 Å². The van der Waals surface area contributed by atoms with Gasteiger partial charge in [-0.15, -0.1) is 0 Å². The van der Waals surface area contributed by atoms with Gasteiger partial charge in [0, 0.05) is 26.8 Å². The average molecular weight is 646 g/mol. The largest absolute Gasteiger partial charge is 0.617 e. The minimum atomic E-state index is -1.10. The Bertz CT molecular complexity index is 1280. The SMILES string of the molecule is CC(=O)Oc1ccc(CC(N)C(=O)N[C@H](C)C(=O)NCC(=O)N(C)C(Cc2ccccc2)C(=O)NC(CO)CC[S+](C)[O-])cc1. The Morgan fingerprint density at radius 3 is 2.16 bits per heavy atom. The van der Waals surface area contributed by atoms with E-state index >= 15 is 0 Å². The van der Waals surface area contributed by atoms with E-state index in [9.17, 15) is 33.6 Å². The molecule has 45 heavy (non-hydrogen) atoms. The van der Waals surface area contributed by atoms with Gasteiger partial charge in [0.25, 0.3) is 0 Å². The van der Waals surface area contributed by atoms with Crippen LogP contribution >= 0.6 is 0 Å². The molecule has 5 atom stereocenters. The quantitative estimate of drug-likeness (QED) is 0.0847. The van der Waals surface area contributed by atoms with E-state index in [0.29, 0.717) is 17.9 Å². The molecular formula is C31H43N5O8S. The fourth-order valence-corrected chi connectivity index (χ4v) is 4.88. The van der Waals surface area contributed by atoms with Crippen molar-refractivity contribution in [2.24, 2.45) is 5.73 Å².